The van der Waals surface area contributed by atoms with Crippen LogP contribution in [0.4, 0.5) is 5.82 Å². The van der Waals surface area contributed by atoms with Gasteiger partial charge in [0.05, 0.1) is 11.9 Å². The topological polar surface area (TPSA) is 67.4 Å². The van der Waals surface area contributed by atoms with Crippen molar-refractivity contribution >= 4 is 17.6 Å². The molecule has 0 radical (unpaired) electrons. The monoisotopic (exact) mass is 191 g/mol. The number of nitrogen functional groups attached to an aromatic ring is 1. The van der Waals surface area contributed by atoms with E-state index in [1.165, 1.54) is 6.33 Å². The highest BCUT2D eigenvalue weighted by Gasteiger charge is 1.98. The van der Waals surface area contributed by atoms with Gasteiger partial charge in [0, 0.05) is 25.7 Å². The Morgan fingerprint density at radius 2 is 2.29 bits per heavy atom. The van der Waals surface area contributed by atoms with Gasteiger partial charge in [-0.25, -0.2) is 9.97 Å². The highest BCUT2D eigenvalue weighted by atomic mass is 15.4. The van der Waals surface area contributed by atoms with Gasteiger partial charge >= 0.3 is 0 Å². The van der Waals surface area contributed by atoms with Gasteiger partial charge in [-0.3, -0.25) is 0 Å². The zero-order valence-corrected chi connectivity index (χ0v) is 8.31. The summed E-state index contributed by atoms with van der Waals surface area (Å²) >= 11 is 0. The fourth-order valence-electron chi connectivity index (χ4n) is 0.799. The lowest BCUT2D eigenvalue weighted by Gasteiger charge is -2.03. The van der Waals surface area contributed by atoms with Crippen molar-refractivity contribution in [3.05, 3.63) is 24.7 Å². The van der Waals surface area contributed by atoms with Crippen LogP contribution in [0.15, 0.2) is 24.1 Å². The molecule has 2 N–H and O–H groups in total. The minimum atomic E-state index is 0.425. The van der Waals surface area contributed by atoms with E-state index in [2.05, 4.69) is 21.6 Å². The molecule has 0 aliphatic rings. The van der Waals surface area contributed by atoms with E-state index in [9.17, 15) is 0 Å². The Kier molecular flexibility index (Phi) is 3.17. The van der Waals surface area contributed by atoms with Crippen LogP contribution in [0, 0.1) is 0 Å². The number of anilines is 1. The Morgan fingerprint density at radius 3 is 2.86 bits per heavy atom. The molecular formula is C9H13N5. The molecule has 0 aliphatic heterocycles. The number of nitrogens with two attached hydrogens (primary N) is 1. The number of hydrogen-bond donors (Lipinski definition) is 1. The second kappa shape index (κ2) is 4.36. The summed E-state index contributed by atoms with van der Waals surface area (Å²) in [7, 11) is 3.66. The van der Waals surface area contributed by atoms with Crippen molar-refractivity contribution in [2.45, 2.75) is 0 Å². The zero-order chi connectivity index (χ0) is 10.6. The summed E-state index contributed by atoms with van der Waals surface area (Å²) < 4.78 is 0. The lowest BCUT2D eigenvalue weighted by Crippen LogP contribution is -2.02. The van der Waals surface area contributed by atoms with Gasteiger partial charge in [0.1, 0.15) is 12.1 Å². The molecule has 0 saturated carbocycles. The zero-order valence-electron chi connectivity index (χ0n) is 8.31. The summed E-state index contributed by atoms with van der Waals surface area (Å²) in [4.78, 5) is 7.81. The molecule has 0 aromatic carbocycles. The van der Waals surface area contributed by atoms with E-state index in [1.807, 2.05) is 14.1 Å². The predicted octanol–water partition coefficient (Wildman–Crippen LogP) is 0.619. The minimum Gasteiger partial charge on any atom is -0.384 e. The van der Waals surface area contributed by atoms with Crippen molar-refractivity contribution in [2.75, 3.05) is 19.8 Å². The maximum Gasteiger partial charge on any atom is 0.127 e. The van der Waals surface area contributed by atoms with Crippen LogP contribution >= 0.6 is 0 Å². The summed E-state index contributed by atoms with van der Waals surface area (Å²) in [5.74, 6) is 0.425. The van der Waals surface area contributed by atoms with E-state index < -0.39 is 0 Å². The average molecular weight is 191 g/mol. The van der Waals surface area contributed by atoms with Gasteiger partial charge in [0.25, 0.3) is 0 Å². The minimum absolute atomic E-state index is 0.425. The molecule has 1 aromatic rings. The third-order valence-electron chi connectivity index (χ3n) is 1.46. The molecule has 1 aromatic heterocycles. The molecule has 14 heavy (non-hydrogen) atoms. The molecule has 5 heteroatoms. The first-order valence-corrected chi connectivity index (χ1v) is 4.07. The lowest BCUT2D eigenvalue weighted by atomic mass is 10.2. The van der Waals surface area contributed by atoms with Crippen molar-refractivity contribution in [1.82, 2.24) is 15.0 Å². The fraction of sp³-hybridized carbons (Fsp3) is 0.222. The van der Waals surface area contributed by atoms with Gasteiger partial charge in [0.2, 0.25) is 0 Å². The Bertz CT molecular complexity index is 356. The highest BCUT2D eigenvalue weighted by Crippen LogP contribution is 2.08. The Morgan fingerprint density at radius 1 is 1.57 bits per heavy atom. The summed E-state index contributed by atoms with van der Waals surface area (Å²) in [6, 6.07) is 1.66. The SMILES string of the molecule is C=C(/C=N\N(C)C)c1cc(N)ncn1. The van der Waals surface area contributed by atoms with E-state index in [-0.39, 0.29) is 0 Å². The summed E-state index contributed by atoms with van der Waals surface area (Å²) in [6.07, 6.45) is 3.03. The van der Waals surface area contributed by atoms with E-state index in [1.54, 1.807) is 17.3 Å². The number of nitrogens with zero attached hydrogens (tertiary/aromatic N) is 4. The Balaban J connectivity index is 2.80. The number of allylic oxidation sites excluding steroid dienone is 1. The molecule has 0 aliphatic carbocycles. The van der Waals surface area contributed by atoms with Gasteiger partial charge in [-0.05, 0) is 0 Å². The molecule has 0 fully saturated rings. The van der Waals surface area contributed by atoms with Crippen molar-refractivity contribution in [3.8, 4) is 0 Å². The molecule has 0 spiro atoms. The molecular weight excluding hydrogens is 178 g/mol. The maximum atomic E-state index is 5.51. The van der Waals surface area contributed by atoms with Crippen LogP contribution in [0.25, 0.3) is 5.57 Å². The van der Waals surface area contributed by atoms with Crippen LogP contribution in [0.1, 0.15) is 5.69 Å². The molecule has 74 valence electrons. The first-order chi connectivity index (χ1) is 6.59. The first kappa shape index (κ1) is 10.2. The molecule has 0 unspecified atom stereocenters. The van der Waals surface area contributed by atoms with Gasteiger partial charge in [-0.1, -0.05) is 6.58 Å². The Hall–Kier alpha value is -1.91. The normalized spacial score (nSPS) is 10.4. The third kappa shape index (κ3) is 2.85. The average Bonchev–Trinajstić information content (AvgIpc) is 2.14. The smallest absolute Gasteiger partial charge is 0.127 e. The van der Waals surface area contributed by atoms with Crippen LogP contribution in [0.5, 0.6) is 0 Å². The maximum absolute atomic E-state index is 5.51. The number of aromatic nitrogens is 2. The van der Waals surface area contributed by atoms with E-state index in [4.69, 9.17) is 5.73 Å². The fourth-order valence-corrected chi connectivity index (χ4v) is 0.799. The predicted molar refractivity (Wildman–Crippen MR) is 57.7 cm³/mol. The quantitative estimate of drug-likeness (QED) is 0.561. The molecule has 0 saturated heterocycles. The second-order valence-corrected chi connectivity index (χ2v) is 2.95. The third-order valence-corrected chi connectivity index (χ3v) is 1.46. The van der Waals surface area contributed by atoms with E-state index in [0.717, 1.165) is 0 Å². The van der Waals surface area contributed by atoms with Gasteiger partial charge in [-0.2, -0.15) is 5.10 Å². The van der Waals surface area contributed by atoms with Crippen LogP contribution < -0.4 is 5.73 Å². The molecule has 0 bridgehead atoms. The van der Waals surface area contributed by atoms with Gasteiger partial charge < -0.3 is 10.7 Å². The highest BCUT2D eigenvalue weighted by molar-refractivity contribution is 6.07. The number of hydrazone groups is 1. The molecule has 1 heterocycles. The van der Waals surface area contributed by atoms with Crippen LogP contribution in [-0.4, -0.2) is 35.3 Å². The summed E-state index contributed by atoms with van der Waals surface area (Å²) in [6.45, 7) is 3.82. The van der Waals surface area contributed by atoms with Crippen LogP contribution in [0.2, 0.25) is 0 Å². The molecule has 0 atom stereocenters. The molecule has 0 amide bonds. The van der Waals surface area contributed by atoms with Crippen molar-refractivity contribution in [1.29, 1.82) is 0 Å². The molecule has 1 rings (SSSR count). The van der Waals surface area contributed by atoms with E-state index in [0.29, 0.717) is 17.1 Å². The van der Waals surface area contributed by atoms with Crippen LogP contribution in [-0.2, 0) is 0 Å². The number of hydrogen-bond acceptors (Lipinski definition) is 5. The van der Waals surface area contributed by atoms with Gasteiger partial charge in [-0.15, -0.1) is 0 Å². The van der Waals surface area contributed by atoms with Crippen molar-refractivity contribution in [2.24, 2.45) is 5.10 Å². The summed E-state index contributed by atoms with van der Waals surface area (Å²) in [5.41, 5.74) is 6.89. The lowest BCUT2D eigenvalue weighted by molar-refractivity contribution is 0.441. The van der Waals surface area contributed by atoms with Crippen molar-refractivity contribution < 1.29 is 0 Å². The van der Waals surface area contributed by atoms with Gasteiger partial charge in [0.15, 0.2) is 0 Å². The van der Waals surface area contributed by atoms with Crippen molar-refractivity contribution in [3.63, 3.8) is 0 Å². The molecule has 5 nitrogen and oxygen atoms in total. The van der Waals surface area contributed by atoms with E-state index >= 15 is 0 Å². The van der Waals surface area contributed by atoms with Crippen LogP contribution in [0.3, 0.4) is 0 Å². The first-order valence-electron chi connectivity index (χ1n) is 4.07. The largest absolute Gasteiger partial charge is 0.384 e. The second-order valence-electron chi connectivity index (χ2n) is 2.95. The standard InChI is InChI=1S/C9H13N5/c1-7(5-13-14(2)3)8-4-9(10)12-6-11-8/h4-6H,1H2,2-3H3,(H2,10,11,12)/b13-5-. The number of rotatable bonds is 3. The summed E-state index contributed by atoms with van der Waals surface area (Å²) in [5, 5.41) is 5.71. The Labute approximate surface area is 83.0 Å².